The van der Waals surface area contributed by atoms with Gasteiger partial charge in [0.25, 0.3) is 0 Å². The van der Waals surface area contributed by atoms with Crippen molar-refractivity contribution < 1.29 is 24.3 Å². The van der Waals surface area contributed by atoms with Crippen molar-refractivity contribution >= 4 is 22.6 Å². The highest BCUT2D eigenvalue weighted by Gasteiger charge is 2.39. The van der Waals surface area contributed by atoms with E-state index in [1.807, 2.05) is 0 Å². The van der Waals surface area contributed by atoms with E-state index in [-0.39, 0.29) is 34.6 Å². The number of fused-ring (bicyclic) bond motifs is 1. The number of alkyl halides is 3. The van der Waals surface area contributed by atoms with Crippen molar-refractivity contribution in [1.82, 2.24) is 15.3 Å². The molecular formula is C23H31F3N5O+. The predicted molar refractivity (Wildman–Crippen MR) is 116 cm³/mol. The molecule has 9 heteroatoms. The molecule has 32 heavy (non-hydrogen) atoms. The first-order valence-corrected chi connectivity index (χ1v) is 11.3. The monoisotopic (exact) mass is 451 g/mol. The van der Waals surface area contributed by atoms with Crippen LogP contribution in [0.25, 0.3) is 10.9 Å². The summed E-state index contributed by atoms with van der Waals surface area (Å²) in [7, 11) is 0. The van der Waals surface area contributed by atoms with Crippen LogP contribution in [-0.4, -0.2) is 47.6 Å². The number of anilines is 1. The highest BCUT2D eigenvalue weighted by atomic mass is 19.4. The molecule has 1 aromatic carbocycles. The van der Waals surface area contributed by atoms with E-state index < -0.39 is 11.7 Å². The third-order valence-electron chi connectivity index (χ3n) is 6.85. The van der Waals surface area contributed by atoms with Gasteiger partial charge in [-0.05, 0) is 55.7 Å². The molecule has 1 aliphatic carbocycles. The number of hydrogen-bond donors (Lipinski definition) is 3. The minimum Gasteiger partial charge on any atom is -0.360 e. The number of halogens is 3. The van der Waals surface area contributed by atoms with Crippen molar-refractivity contribution in [3.05, 3.63) is 30.1 Å². The van der Waals surface area contributed by atoms with Gasteiger partial charge >= 0.3 is 7.59 Å². The molecule has 1 amide bonds. The minimum atomic E-state index is -4.47. The summed E-state index contributed by atoms with van der Waals surface area (Å²) in [6.07, 6.45) is 1.25. The number of carbonyl (C=O) groups excluding carboxylic acids is 1. The van der Waals surface area contributed by atoms with E-state index in [0.717, 1.165) is 30.9 Å². The lowest BCUT2D eigenvalue weighted by atomic mass is 9.78. The lowest BCUT2D eigenvalue weighted by Crippen LogP contribution is -3.25. The molecule has 2 fully saturated rings. The van der Waals surface area contributed by atoms with Crippen LogP contribution in [0.2, 0.25) is 1.41 Å². The topological polar surface area (TPSA) is 71.3 Å². The summed E-state index contributed by atoms with van der Waals surface area (Å²) in [6, 6.07) is 3.53. The molecule has 3 N–H and O–H groups in total. The standard InChI is InChI=1S/C23H30F3N5O/c1-14(2)15-3-6-18(7-4-15)31-11-17(12-31)30-21(32)10-27-22-19-9-16(23(24,25)26)5-8-20(19)28-13-29-22/h5,8-9,13-15,17-18H,3-4,6-7,10-12H2,1-2H3,(H,30,32)(H,27,28,29)/p+1/i/hD. The maximum Gasteiger partial charge on any atom is 0.416 e. The summed E-state index contributed by atoms with van der Waals surface area (Å²) in [6.45, 7) is 5.59. The first kappa shape index (κ1) is 21.4. The fourth-order valence-electron chi connectivity index (χ4n) is 4.85. The Morgan fingerprint density at radius 1 is 1.22 bits per heavy atom. The summed E-state index contributed by atoms with van der Waals surface area (Å²) in [5.41, 5.74) is -0.429. The van der Waals surface area contributed by atoms with E-state index in [1.54, 1.807) is 0 Å². The van der Waals surface area contributed by atoms with Crippen LogP contribution >= 0.6 is 0 Å². The maximum atomic E-state index is 13.1. The van der Waals surface area contributed by atoms with Gasteiger partial charge < -0.3 is 15.5 Å². The van der Waals surface area contributed by atoms with E-state index in [4.69, 9.17) is 1.41 Å². The molecular weight excluding hydrogens is 419 g/mol. The van der Waals surface area contributed by atoms with Crippen LogP contribution in [0.1, 0.15) is 45.1 Å². The van der Waals surface area contributed by atoms with Gasteiger partial charge in [0.05, 0.1) is 23.7 Å². The number of benzene rings is 1. The fraction of sp³-hybridized carbons (Fsp3) is 0.609. The summed E-state index contributed by atoms with van der Waals surface area (Å²) >= 11 is 0. The molecule has 174 valence electrons. The average Bonchev–Trinajstić information content (AvgIpc) is 2.75. The second kappa shape index (κ2) is 9.21. The minimum absolute atomic E-state index is 0.0569. The van der Waals surface area contributed by atoms with Crippen LogP contribution in [0, 0.1) is 11.8 Å². The molecule has 0 bridgehead atoms. The molecule has 1 aromatic heterocycles. The quantitative estimate of drug-likeness (QED) is 0.632. The number of carbonyl (C=O) groups is 1. The Kier molecular flexibility index (Phi) is 6.17. The molecule has 1 saturated heterocycles. The summed E-state index contributed by atoms with van der Waals surface area (Å²) in [5, 5.41) is 5.98. The van der Waals surface area contributed by atoms with Crippen LogP contribution in [0.3, 0.4) is 0 Å². The highest BCUT2D eigenvalue weighted by Crippen LogP contribution is 2.32. The third-order valence-corrected chi connectivity index (χ3v) is 6.85. The number of amides is 1. The van der Waals surface area contributed by atoms with Gasteiger partial charge in [0, 0.05) is 5.39 Å². The van der Waals surface area contributed by atoms with Crippen LogP contribution in [-0.2, 0) is 11.0 Å². The molecule has 1 aliphatic heterocycles. The molecule has 0 unspecified atom stereocenters. The molecule has 0 spiro atoms. The molecule has 4 rings (SSSR count). The largest absolute Gasteiger partial charge is 0.416 e. The van der Waals surface area contributed by atoms with Crippen molar-refractivity contribution in [2.75, 3.05) is 25.0 Å². The second-order valence-corrected chi connectivity index (χ2v) is 9.34. The Labute approximate surface area is 187 Å². The van der Waals surface area contributed by atoms with Crippen molar-refractivity contribution in [1.29, 1.82) is 0 Å². The van der Waals surface area contributed by atoms with Crippen molar-refractivity contribution in [3.8, 4) is 0 Å². The normalized spacial score (nSPS) is 28.8. The van der Waals surface area contributed by atoms with Crippen molar-refractivity contribution in [3.63, 3.8) is 0 Å². The number of aromatic nitrogens is 2. The number of likely N-dealkylation sites (tertiary alicyclic amines) is 1. The summed E-state index contributed by atoms with van der Waals surface area (Å²) in [5.74, 6) is 1.35. The second-order valence-electron chi connectivity index (χ2n) is 9.34. The molecule has 0 radical (unpaired) electrons. The fourth-order valence-corrected chi connectivity index (χ4v) is 4.85. The molecule has 2 aliphatic rings. The van der Waals surface area contributed by atoms with Gasteiger partial charge in [0.1, 0.15) is 31.3 Å². The molecule has 2 aromatic rings. The zero-order chi connectivity index (χ0) is 23.8. The predicted octanol–water partition coefficient (Wildman–Crippen LogP) is 2.66. The first-order chi connectivity index (χ1) is 15.5. The van der Waals surface area contributed by atoms with E-state index in [9.17, 15) is 18.0 Å². The van der Waals surface area contributed by atoms with E-state index >= 15 is 0 Å². The number of nitrogens with one attached hydrogen (secondary N) is 3. The van der Waals surface area contributed by atoms with Crippen molar-refractivity contribution in [2.24, 2.45) is 11.8 Å². The van der Waals surface area contributed by atoms with Gasteiger partial charge in [-0.15, -0.1) is 0 Å². The first-order valence-electron chi connectivity index (χ1n) is 11.7. The van der Waals surface area contributed by atoms with Crippen LogP contribution in [0.5, 0.6) is 0 Å². The Morgan fingerprint density at radius 2 is 1.94 bits per heavy atom. The number of rotatable bonds is 6. The van der Waals surface area contributed by atoms with E-state index in [2.05, 4.69) is 34.4 Å². The maximum absolute atomic E-state index is 13.1. The summed E-state index contributed by atoms with van der Waals surface area (Å²) < 4.78 is 47.9. The lowest BCUT2D eigenvalue weighted by molar-refractivity contribution is -0.966. The Morgan fingerprint density at radius 3 is 2.59 bits per heavy atom. The smallest absolute Gasteiger partial charge is 0.360 e. The molecule has 6 nitrogen and oxygen atoms in total. The SMILES string of the molecule is [2H][N+]1(C2CCC(C(C)C)CC2)CC(NC(=O)CNc2ncnc3ccc(C(F)(F)F)cc23)C1. The Balaban J connectivity index is 1.29. The van der Waals surface area contributed by atoms with Gasteiger partial charge in [-0.25, -0.2) is 9.97 Å². The zero-order valence-electron chi connectivity index (χ0n) is 19.5. The lowest BCUT2D eigenvalue weighted by Gasteiger charge is -2.43. The third kappa shape index (κ3) is 5.14. The average molecular weight is 452 g/mol. The van der Waals surface area contributed by atoms with Gasteiger partial charge in [-0.3, -0.25) is 4.79 Å². The van der Waals surface area contributed by atoms with Gasteiger partial charge in [-0.1, -0.05) is 13.8 Å². The highest BCUT2D eigenvalue weighted by molar-refractivity contribution is 5.91. The Hall–Kier alpha value is -2.42. The molecule has 2 heterocycles. The van der Waals surface area contributed by atoms with Crippen LogP contribution in [0.4, 0.5) is 19.0 Å². The molecule has 1 saturated carbocycles. The van der Waals surface area contributed by atoms with Gasteiger partial charge in [-0.2, -0.15) is 13.2 Å². The zero-order valence-corrected chi connectivity index (χ0v) is 18.5. The molecule has 0 atom stereocenters. The van der Waals surface area contributed by atoms with Crippen LogP contribution in [0.15, 0.2) is 24.5 Å². The van der Waals surface area contributed by atoms with E-state index in [0.29, 0.717) is 30.6 Å². The van der Waals surface area contributed by atoms with Crippen LogP contribution < -0.4 is 15.5 Å². The Bertz CT molecular complexity index is 1000. The number of hydrogen-bond acceptors (Lipinski definition) is 4. The van der Waals surface area contributed by atoms with E-state index in [1.165, 1.54) is 25.2 Å². The van der Waals surface area contributed by atoms with Crippen molar-refractivity contribution in [2.45, 2.75) is 57.8 Å². The van der Waals surface area contributed by atoms with Gasteiger partial charge in [0.15, 0.2) is 0 Å². The van der Waals surface area contributed by atoms with Gasteiger partial charge in [0.2, 0.25) is 5.91 Å². The number of quaternary nitrogens is 1. The number of nitrogens with zero attached hydrogens (tertiary/aromatic N) is 2. The summed E-state index contributed by atoms with van der Waals surface area (Å²) in [4.78, 5) is 20.7.